The van der Waals surface area contributed by atoms with Gasteiger partial charge < -0.3 is 0 Å². The second-order valence-electron chi connectivity index (χ2n) is 2.62. The zero-order valence-corrected chi connectivity index (χ0v) is 7.26. The minimum atomic E-state index is -3.01. The van der Waals surface area contributed by atoms with Crippen LogP contribution in [0.5, 0.6) is 0 Å². The van der Waals surface area contributed by atoms with Crippen LogP contribution in [0.25, 0.3) is 0 Å². The lowest BCUT2D eigenvalue weighted by Crippen LogP contribution is -2.33. The van der Waals surface area contributed by atoms with Crippen molar-refractivity contribution >= 4 is 10.0 Å². The van der Waals surface area contributed by atoms with E-state index in [1.807, 2.05) is 0 Å². The average molecular weight is 173 g/mol. The van der Waals surface area contributed by atoms with Crippen LogP contribution >= 0.6 is 0 Å². The van der Waals surface area contributed by atoms with Crippen molar-refractivity contribution in [2.75, 3.05) is 12.3 Å². The first kappa shape index (κ1) is 8.57. The Balaban J connectivity index is 2.83. The van der Waals surface area contributed by atoms with Crippen molar-refractivity contribution in [1.29, 1.82) is 0 Å². The molecule has 4 heteroatoms. The zero-order chi connectivity index (χ0) is 8.48. The predicted octanol–water partition coefficient (Wildman–Crippen LogP) is 0.0436. The molecule has 0 aromatic rings. The normalized spacial score (nSPS) is 26.2. The van der Waals surface area contributed by atoms with Crippen molar-refractivity contribution in [2.24, 2.45) is 0 Å². The van der Waals surface area contributed by atoms with E-state index in [2.05, 4.69) is 5.92 Å². The first-order chi connectivity index (χ1) is 5.08. The molecule has 1 aliphatic heterocycles. The van der Waals surface area contributed by atoms with Gasteiger partial charge in [-0.05, 0) is 13.3 Å². The Kier molecular flexibility index (Phi) is 2.21. The quantitative estimate of drug-likeness (QED) is 0.525. The van der Waals surface area contributed by atoms with Gasteiger partial charge in [0, 0.05) is 6.54 Å². The summed E-state index contributed by atoms with van der Waals surface area (Å²) in [6.07, 6.45) is 5.82. The number of terminal acetylenes is 1. The van der Waals surface area contributed by atoms with Crippen LogP contribution < -0.4 is 0 Å². The molecule has 3 nitrogen and oxygen atoms in total. The lowest BCUT2D eigenvalue weighted by atomic mass is 10.3. The number of rotatable bonds is 1. The predicted molar refractivity (Wildman–Crippen MR) is 43.4 cm³/mol. The summed E-state index contributed by atoms with van der Waals surface area (Å²) >= 11 is 0. The minimum absolute atomic E-state index is 0.249. The topological polar surface area (TPSA) is 37.4 Å². The van der Waals surface area contributed by atoms with Gasteiger partial charge in [0.25, 0.3) is 0 Å². The van der Waals surface area contributed by atoms with Gasteiger partial charge in [-0.1, -0.05) is 5.92 Å². The molecule has 0 bridgehead atoms. The SMILES string of the molecule is C#CC(C)N1CCCS1(=O)=O. The van der Waals surface area contributed by atoms with E-state index in [0.717, 1.165) is 0 Å². The molecule has 1 unspecified atom stereocenters. The summed E-state index contributed by atoms with van der Waals surface area (Å²) < 4.78 is 23.8. The van der Waals surface area contributed by atoms with Crippen LogP contribution in [0.3, 0.4) is 0 Å². The molecule has 1 aliphatic rings. The highest BCUT2D eigenvalue weighted by molar-refractivity contribution is 7.89. The first-order valence-corrected chi connectivity index (χ1v) is 5.14. The van der Waals surface area contributed by atoms with Crippen molar-refractivity contribution in [1.82, 2.24) is 4.31 Å². The molecule has 0 spiro atoms. The second-order valence-corrected chi connectivity index (χ2v) is 4.66. The van der Waals surface area contributed by atoms with Gasteiger partial charge in [-0.15, -0.1) is 6.42 Å². The van der Waals surface area contributed by atoms with Gasteiger partial charge in [0.1, 0.15) is 0 Å². The third-order valence-electron chi connectivity index (χ3n) is 1.81. The first-order valence-electron chi connectivity index (χ1n) is 3.53. The number of nitrogens with zero attached hydrogens (tertiary/aromatic N) is 1. The summed E-state index contributed by atoms with van der Waals surface area (Å²) in [6.45, 7) is 2.30. The van der Waals surface area contributed by atoms with Crippen molar-refractivity contribution in [3.05, 3.63) is 0 Å². The van der Waals surface area contributed by atoms with Gasteiger partial charge in [-0.25, -0.2) is 8.42 Å². The molecule has 0 aliphatic carbocycles. The highest BCUT2D eigenvalue weighted by Crippen LogP contribution is 2.15. The molecule has 62 valence electrons. The van der Waals surface area contributed by atoms with E-state index >= 15 is 0 Å². The molecule has 0 amide bonds. The van der Waals surface area contributed by atoms with E-state index in [0.29, 0.717) is 13.0 Å². The molecule has 0 radical (unpaired) electrons. The molecular weight excluding hydrogens is 162 g/mol. The van der Waals surface area contributed by atoms with E-state index in [-0.39, 0.29) is 11.8 Å². The van der Waals surface area contributed by atoms with Crippen LogP contribution in [0, 0.1) is 12.3 Å². The van der Waals surface area contributed by atoms with Crippen molar-refractivity contribution in [3.63, 3.8) is 0 Å². The zero-order valence-electron chi connectivity index (χ0n) is 6.45. The van der Waals surface area contributed by atoms with Gasteiger partial charge in [-0.3, -0.25) is 0 Å². The van der Waals surface area contributed by atoms with Gasteiger partial charge in [0.15, 0.2) is 0 Å². The Morgan fingerprint density at radius 1 is 1.64 bits per heavy atom. The molecule has 1 atom stereocenters. The Morgan fingerprint density at radius 3 is 2.64 bits per heavy atom. The van der Waals surface area contributed by atoms with Crippen LogP contribution in [0.1, 0.15) is 13.3 Å². The third kappa shape index (κ3) is 1.55. The average Bonchev–Trinajstić information content (AvgIpc) is 2.28. The Morgan fingerprint density at radius 2 is 2.27 bits per heavy atom. The summed E-state index contributed by atoms with van der Waals surface area (Å²) in [4.78, 5) is 0. The van der Waals surface area contributed by atoms with E-state index in [1.165, 1.54) is 4.31 Å². The fourth-order valence-corrected chi connectivity index (χ4v) is 2.86. The largest absolute Gasteiger partial charge is 0.215 e. The monoisotopic (exact) mass is 173 g/mol. The maximum Gasteiger partial charge on any atom is 0.215 e. The molecule has 0 aromatic carbocycles. The lowest BCUT2D eigenvalue weighted by molar-refractivity contribution is 0.416. The van der Waals surface area contributed by atoms with Gasteiger partial charge in [0.2, 0.25) is 10.0 Å². The van der Waals surface area contributed by atoms with Crippen molar-refractivity contribution in [2.45, 2.75) is 19.4 Å². The molecular formula is C7H11NO2S. The number of hydrogen-bond donors (Lipinski definition) is 0. The van der Waals surface area contributed by atoms with E-state index < -0.39 is 10.0 Å². The van der Waals surface area contributed by atoms with Crippen LogP contribution in [0.15, 0.2) is 0 Å². The second kappa shape index (κ2) is 2.84. The third-order valence-corrected chi connectivity index (χ3v) is 3.83. The van der Waals surface area contributed by atoms with E-state index in [4.69, 9.17) is 6.42 Å². The van der Waals surface area contributed by atoms with Crippen LogP contribution in [-0.4, -0.2) is 31.1 Å². The Labute approximate surface area is 67.4 Å². The standard InChI is InChI=1S/C7H11NO2S/c1-3-7(2)8-5-4-6-11(8,9)10/h1,7H,4-6H2,2H3. The van der Waals surface area contributed by atoms with Gasteiger partial charge in [0.05, 0.1) is 11.8 Å². The molecule has 1 saturated heterocycles. The highest BCUT2D eigenvalue weighted by atomic mass is 32.2. The maximum absolute atomic E-state index is 11.2. The molecule has 1 fully saturated rings. The molecule has 11 heavy (non-hydrogen) atoms. The van der Waals surface area contributed by atoms with E-state index in [9.17, 15) is 8.42 Å². The van der Waals surface area contributed by atoms with Crippen molar-refractivity contribution in [3.8, 4) is 12.3 Å². The van der Waals surface area contributed by atoms with E-state index in [1.54, 1.807) is 6.92 Å². The molecule has 0 saturated carbocycles. The summed E-state index contributed by atoms with van der Waals surface area (Å²) in [7, 11) is -3.01. The maximum atomic E-state index is 11.2. The molecule has 0 aromatic heterocycles. The number of sulfonamides is 1. The Hall–Kier alpha value is -0.530. The number of hydrogen-bond acceptors (Lipinski definition) is 2. The smallest absolute Gasteiger partial charge is 0.212 e. The van der Waals surface area contributed by atoms with Gasteiger partial charge in [-0.2, -0.15) is 4.31 Å². The summed E-state index contributed by atoms with van der Waals surface area (Å²) in [6, 6.07) is -0.289. The van der Waals surface area contributed by atoms with Crippen molar-refractivity contribution < 1.29 is 8.42 Å². The molecule has 0 N–H and O–H groups in total. The molecule has 1 rings (SSSR count). The fourth-order valence-electron chi connectivity index (χ4n) is 1.18. The lowest BCUT2D eigenvalue weighted by Gasteiger charge is -2.16. The molecule has 1 heterocycles. The fraction of sp³-hybridized carbons (Fsp3) is 0.714. The Bertz CT molecular complexity index is 275. The summed E-state index contributed by atoms with van der Waals surface area (Å²) in [5.41, 5.74) is 0. The van der Waals surface area contributed by atoms with Gasteiger partial charge >= 0.3 is 0 Å². The van der Waals surface area contributed by atoms with Crippen LogP contribution in [0.2, 0.25) is 0 Å². The summed E-state index contributed by atoms with van der Waals surface area (Å²) in [5.74, 6) is 2.66. The highest BCUT2D eigenvalue weighted by Gasteiger charge is 2.31. The summed E-state index contributed by atoms with van der Waals surface area (Å²) in [5, 5.41) is 0. The minimum Gasteiger partial charge on any atom is -0.212 e. The van der Waals surface area contributed by atoms with Crippen LogP contribution in [-0.2, 0) is 10.0 Å². The van der Waals surface area contributed by atoms with Crippen LogP contribution in [0.4, 0.5) is 0 Å².